The van der Waals surface area contributed by atoms with Gasteiger partial charge in [-0.1, -0.05) is 48.7 Å². The van der Waals surface area contributed by atoms with Gasteiger partial charge < -0.3 is 13.6 Å². The smallest absolute Gasteiger partial charge is 0.409 e. The van der Waals surface area contributed by atoms with Crippen LogP contribution in [-0.4, -0.2) is 0 Å². The molecule has 0 saturated carbocycles. The predicted molar refractivity (Wildman–Crippen MR) is 115 cm³/mol. The van der Waals surface area contributed by atoms with Crippen LogP contribution in [0.2, 0.25) is 15.1 Å². The third-order valence-corrected chi connectivity index (χ3v) is 4.82. The fourth-order valence-corrected chi connectivity index (χ4v) is 3.17. The SMILES string of the molecule is CC.Clc1ccc(OP(Oc2ccc(Cl)cc2)Oc2ccc(Cl)cc2)cc1. The van der Waals surface area contributed by atoms with Gasteiger partial charge in [-0.2, -0.15) is 0 Å². The number of rotatable bonds is 6. The van der Waals surface area contributed by atoms with Gasteiger partial charge in [0.05, 0.1) is 0 Å². The van der Waals surface area contributed by atoms with Gasteiger partial charge in [-0.25, -0.2) is 0 Å². The first-order chi connectivity index (χ1) is 13.1. The van der Waals surface area contributed by atoms with Gasteiger partial charge >= 0.3 is 8.60 Å². The van der Waals surface area contributed by atoms with Crippen molar-refractivity contribution >= 4 is 43.4 Å². The van der Waals surface area contributed by atoms with Crippen LogP contribution in [0.4, 0.5) is 0 Å². The number of hydrogen-bond donors (Lipinski definition) is 0. The molecule has 27 heavy (non-hydrogen) atoms. The highest BCUT2D eigenvalue weighted by Crippen LogP contribution is 2.42. The Labute approximate surface area is 175 Å². The molecule has 3 rings (SSSR count). The lowest BCUT2D eigenvalue weighted by atomic mass is 10.3. The highest BCUT2D eigenvalue weighted by atomic mass is 35.5. The Morgan fingerprint density at radius 1 is 0.481 bits per heavy atom. The molecule has 0 saturated heterocycles. The number of hydrogen-bond acceptors (Lipinski definition) is 3. The van der Waals surface area contributed by atoms with E-state index >= 15 is 0 Å². The second-order valence-corrected chi connectivity index (χ2v) is 7.16. The lowest BCUT2D eigenvalue weighted by Gasteiger charge is -2.18. The molecule has 0 fully saturated rings. The van der Waals surface area contributed by atoms with E-state index in [1.165, 1.54) is 0 Å². The first-order valence-electron chi connectivity index (χ1n) is 8.19. The summed E-state index contributed by atoms with van der Waals surface area (Å²) in [6.07, 6.45) is 0. The van der Waals surface area contributed by atoms with Gasteiger partial charge in [-0.15, -0.1) is 0 Å². The van der Waals surface area contributed by atoms with Crippen molar-refractivity contribution < 1.29 is 13.6 Å². The quantitative estimate of drug-likeness (QED) is 0.358. The molecule has 7 heteroatoms. The van der Waals surface area contributed by atoms with E-state index in [0.29, 0.717) is 32.3 Å². The van der Waals surface area contributed by atoms with Crippen molar-refractivity contribution in [1.29, 1.82) is 0 Å². The van der Waals surface area contributed by atoms with E-state index < -0.39 is 8.60 Å². The van der Waals surface area contributed by atoms with Crippen LogP contribution in [0.15, 0.2) is 72.8 Å². The van der Waals surface area contributed by atoms with E-state index in [1.54, 1.807) is 72.8 Å². The van der Waals surface area contributed by atoms with Crippen LogP contribution in [-0.2, 0) is 0 Å². The lowest BCUT2D eigenvalue weighted by Crippen LogP contribution is -2.02. The van der Waals surface area contributed by atoms with Gasteiger partial charge in [0.15, 0.2) is 0 Å². The summed E-state index contributed by atoms with van der Waals surface area (Å²) in [5.41, 5.74) is 0. The molecule has 3 nitrogen and oxygen atoms in total. The van der Waals surface area contributed by atoms with Gasteiger partial charge in [0.1, 0.15) is 17.2 Å². The summed E-state index contributed by atoms with van der Waals surface area (Å²) in [6.45, 7) is 4.00. The van der Waals surface area contributed by atoms with Crippen molar-refractivity contribution in [2.75, 3.05) is 0 Å². The largest absolute Gasteiger partial charge is 0.530 e. The predicted octanol–water partition coefficient (Wildman–Crippen LogP) is 8.44. The third-order valence-electron chi connectivity index (χ3n) is 2.98. The molecule has 0 unspecified atom stereocenters. The molecule has 0 spiro atoms. The van der Waals surface area contributed by atoms with Crippen LogP contribution in [0.1, 0.15) is 13.8 Å². The summed E-state index contributed by atoms with van der Waals surface area (Å²) in [6, 6.07) is 20.9. The van der Waals surface area contributed by atoms with Crippen molar-refractivity contribution in [1.82, 2.24) is 0 Å². The third kappa shape index (κ3) is 7.48. The maximum absolute atomic E-state index is 5.90. The standard InChI is InChI=1S/C18H12Cl3O3P.C2H6/c19-13-1-7-16(8-2-13)22-25(23-17-9-3-14(20)4-10-17)24-18-11-5-15(21)6-12-18;1-2/h1-12H;1-2H3. The molecule has 3 aromatic rings. The first-order valence-corrected chi connectivity index (χ1v) is 10.4. The zero-order valence-corrected chi connectivity index (χ0v) is 17.9. The van der Waals surface area contributed by atoms with Crippen LogP contribution >= 0.6 is 43.4 Å². The van der Waals surface area contributed by atoms with E-state index in [0.717, 1.165) is 0 Å². The number of benzene rings is 3. The summed E-state index contributed by atoms with van der Waals surface area (Å²) in [5.74, 6) is 1.75. The lowest BCUT2D eigenvalue weighted by molar-refractivity contribution is 0.388. The topological polar surface area (TPSA) is 27.7 Å². The Morgan fingerprint density at radius 2 is 0.704 bits per heavy atom. The average Bonchev–Trinajstić information content (AvgIpc) is 2.69. The summed E-state index contributed by atoms with van der Waals surface area (Å²) < 4.78 is 17.5. The van der Waals surface area contributed by atoms with E-state index in [2.05, 4.69) is 0 Å². The van der Waals surface area contributed by atoms with Crippen molar-refractivity contribution in [2.45, 2.75) is 13.8 Å². The van der Waals surface area contributed by atoms with E-state index in [1.807, 2.05) is 13.8 Å². The second kappa shape index (κ2) is 11.3. The summed E-state index contributed by atoms with van der Waals surface area (Å²) >= 11 is 17.7. The highest BCUT2D eigenvalue weighted by molar-refractivity contribution is 7.43. The summed E-state index contributed by atoms with van der Waals surface area (Å²) in [7, 11) is -1.75. The normalized spacial score (nSPS) is 10.0. The Bertz CT molecular complexity index is 696. The molecule has 0 aromatic heterocycles. The minimum atomic E-state index is -1.75. The van der Waals surface area contributed by atoms with Gasteiger partial charge in [-0.3, -0.25) is 0 Å². The minimum Gasteiger partial charge on any atom is -0.409 e. The maximum Gasteiger partial charge on any atom is 0.530 e. The summed E-state index contributed by atoms with van der Waals surface area (Å²) in [4.78, 5) is 0. The number of halogens is 3. The first kappa shape index (κ1) is 21.7. The van der Waals surface area contributed by atoms with Crippen molar-refractivity contribution in [3.05, 3.63) is 87.9 Å². The van der Waals surface area contributed by atoms with E-state index in [4.69, 9.17) is 48.4 Å². The molecular weight excluding hydrogens is 426 g/mol. The molecule has 0 bridgehead atoms. The molecule has 0 aliphatic rings. The van der Waals surface area contributed by atoms with Crippen molar-refractivity contribution in [3.8, 4) is 17.2 Å². The second-order valence-electron chi connectivity index (χ2n) is 4.86. The van der Waals surface area contributed by atoms with Gasteiger partial charge in [0.25, 0.3) is 0 Å². The Hall–Kier alpha value is -1.64. The van der Waals surface area contributed by atoms with Crippen molar-refractivity contribution in [3.63, 3.8) is 0 Å². The zero-order chi connectivity index (χ0) is 19.6. The average molecular weight is 444 g/mol. The van der Waals surface area contributed by atoms with Crippen LogP contribution in [0.25, 0.3) is 0 Å². The Morgan fingerprint density at radius 3 is 0.926 bits per heavy atom. The molecule has 0 atom stereocenters. The fourth-order valence-electron chi connectivity index (χ4n) is 1.80. The molecule has 0 radical (unpaired) electrons. The molecule has 0 amide bonds. The van der Waals surface area contributed by atoms with E-state index in [9.17, 15) is 0 Å². The molecule has 142 valence electrons. The van der Waals surface area contributed by atoms with Crippen LogP contribution in [0.5, 0.6) is 17.2 Å². The van der Waals surface area contributed by atoms with E-state index in [-0.39, 0.29) is 0 Å². The maximum atomic E-state index is 5.90. The Balaban J connectivity index is 0.00000126. The molecule has 0 heterocycles. The molecule has 3 aromatic carbocycles. The molecule has 0 N–H and O–H groups in total. The molecular formula is C20H18Cl3O3P. The van der Waals surface area contributed by atoms with Crippen LogP contribution in [0.3, 0.4) is 0 Å². The molecule has 0 aliphatic carbocycles. The summed E-state index contributed by atoms with van der Waals surface area (Å²) in [5, 5.41) is 1.86. The molecule has 0 aliphatic heterocycles. The zero-order valence-electron chi connectivity index (χ0n) is 14.7. The van der Waals surface area contributed by atoms with Gasteiger partial charge in [-0.05, 0) is 72.8 Å². The minimum absolute atomic E-state index is 0.582. The van der Waals surface area contributed by atoms with Gasteiger partial charge in [0.2, 0.25) is 0 Å². The van der Waals surface area contributed by atoms with Gasteiger partial charge in [0, 0.05) is 15.1 Å². The van der Waals surface area contributed by atoms with Crippen LogP contribution in [0, 0.1) is 0 Å². The monoisotopic (exact) mass is 442 g/mol. The fraction of sp³-hybridized carbons (Fsp3) is 0.100. The Kier molecular flexibility index (Phi) is 9.03. The van der Waals surface area contributed by atoms with Crippen molar-refractivity contribution in [2.24, 2.45) is 0 Å². The van der Waals surface area contributed by atoms with Crippen LogP contribution < -0.4 is 13.6 Å². The highest BCUT2D eigenvalue weighted by Gasteiger charge is 2.19.